The molecule has 0 bridgehead atoms. The maximum Gasteiger partial charge on any atom is 0.0364 e. The van der Waals surface area contributed by atoms with Gasteiger partial charge in [-0.3, -0.25) is 4.90 Å². The van der Waals surface area contributed by atoms with Gasteiger partial charge in [0.25, 0.3) is 0 Å². The first kappa shape index (κ1) is 14.6. The normalized spacial score (nSPS) is 10.8. The van der Waals surface area contributed by atoms with E-state index >= 15 is 0 Å². The van der Waals surface area contributed by atoms with Gasteiger partial charge in [-0.05, 0) is 24.2 Å². The quantitative estimate of drug-likeness (QED) is 0.756. The van der Waals surface area contributed by atoms with Gasteiger partial charge in [-0.2, -0.15) is 0 Å². The summed E-state index contributed by atoms with van der Waals surface area (Å²) >= 11 is 0. The van der Waals surface area contributed by atoms with Gasteiger partial charge in [-0.15, -0.1) is 0 Å². The molecule has 0 fully saturated rings. The van der Waals surface area contributed by atoms with Crippen LogP contribution in [0.25, 0.3) is 0 Å². The van der Waals surface area contributed by atoms with Gasteiger partial charge in [-0.25, -0.2) is 0 Å². The van der Waals surface area contributed by atoms with E-state index in [4.69, 9.17) is 0 Å². The molecule has 2 heteroatoms. The van der Waals surface area contributed by atoms with Crippen LogP contribution in [0.5, 0.6) is 0 Å². The van der Waals surface area contributed by atoms with Gasteiger partial charge in [0, 0.05) is 32.4 Å². The molecule has 2 aromatic carbocycles. The van der Waals surface area contributed by atoms with E-state index in [0.717, 1.165) is 26.2 Å². The number of hydrogen-bond donors (Lipinski definition) is 0. The van der Waals surface area contributed by atoms with Crippen molar-refractivity contribution in [2.75, 3.05) is 31.6 Å². The van der Waals surface area contributed by atoms with Crippen molar-refractivity contribution in [3.63, 3.8) is 0 Å². The van der Waals surface area contributed by atoms with Crippen molar-refractivity contribution < 1.29 is 0 Å². The first-order valence-corrected chi connectivity index (χ1v) is 7.32. The van der Waals surface area contributed by atoms with E-state index in [0.29, 0.717) is 0 Å². The Morgan fingerprint density at radius 2 is 1.40 bits per heavy atom. The highest BCUT2D eigenvalue weighted by molar-refractivity contribution is 5.44. The van der Waals surface area contributed by atoms with E-state index in [9.17, 15) is 0 Å². The monoisotopic (exact) mass is 268 g/mol. The summed E-state index contributed by atoms with van der Waals surface area (Å²) in [6.07, 6.45) is 0. The molecule has 0 aliphatic carbocycles. The number of rotatable bonds is 7. The van der Waals surface area contributed by atoms with E-state index < -0.39 is 0 Å². The molecule has 0 aromatic heterocycles. The van der Waals surface area contributed by atoms with Crippen LogP contribution in [0.2, 0.25) is 0 Å². The average molecular weight is 268 g/mol. The van der Waals surface area contributed by atoms with E-state index in [1.165, 1.54) is 11.3 Å². The molecule has 2 nitrogen and oxygen atoms in total. The maximum absolute atomic E-state index is 2.48. The second kappa shape index (κ2) is 7.71. The van der Waals surface area contributed by atoms with E-state index in [-0.39, 0.29) is 0 Å². The Morgan fingerprint density at radius 1 is 0.800 bits per heavy atom. The standard InChI is InChI=1S/C18H24N2/c1-3-20(16-17-10-6-4-7-11-17)15-14-19(2)18-12-8-5-9-13-18/h4-13H,3,14-16H2,1-2H3. The summed E-state index contributed by atoms with van der Waals surface area (Å²) in [5.74, 6) is 0. The molecule has 106 valence electrons. The zero-order valence-corrected chi connectivity index (χ0v) is 12.5. The highest BCUT2D eigenvalue weighted by Gasteiger charge is 2.06. The van der Waals surface area contributed by atoms with Crippen molar-refractivity contribution >= 4 is 5.69 Å². The first-order chi connectivity index (χ1) is 9.79. The van der Waals surface area contributed by atoms with Crippen molar-refractivity contribution in [1.82, 2.24) is 4.90 Å². The number of para-hydroxylation sites is 1. The first-order valence-electron chi connectivity index (χ1n) is 7.32. The molecule has 0 aliphatic rings. The molecule has 2 rings (SSSR count). The molecule has 20 heavy (non-hydrogen) atoms. The van der Waals surface area contributed by atoms with Gasteiger partial charge in [0.2, 0.25) is 0 Å². The smallest absolute Gasteiger partial charge is 0.0364 e. The molecule has 0 radical (unpaired) electrons. The van der Waals surface area contributed by atoms with Gasteiger partial charge in [0.05, 0.1) is 0 Å². The summed E-state index contributed by atoms with van der Waals surface area (Å²) in [5.41, 5.74) is 2.67. The predicted octanol–water partition coefficient (Wildman–Crippen LogP) is 3.64. The lowest BCUT2D eigenvalue weighted by Crippen LogP contribution is -2.32. The van der Waals surface area contributed by atoms with Crippen LogP contribution in [0.4, 0.5) is 5.69 Å². The highest BCUT2D eigenvalue weighted by atomic mass is 15.2. The third-order valence-corrected chi connectivity index (χ3v) is 3.64. The second-order valence-corrected chi connectivity index (χ2v) is 5.11. The van der Waals surface area contributed by atoms with Gasteiger partial charge in [0.1, 0.15) is 0 Å². The molecular formula is C18H24N2. The Labute approximate surface area is 122 Å². The molecule has 0 saturated heterocycles. The third-order valence-electron chi connectivity index (χ3n) is 3.64. The molecule has 0 unspecified atom stereocenters. The summed E-state index contributed by atoms with van der Waals surface area (Å²) in [4.78, 5) is 4.79. The Bertz CT molecular complexity index is 481. The van der Waals surface area contributed by atoms with E-state index in [1.54, 1.807) is 0 Å². The average Bonchev–Trinajstić information content (AvgIpc) is 2.53. The fraction of sp³-hybridized carbons (Fsp3) is 0.333. The molecule has 0 spiro atoms. The Hall–Kier alpha value is -1.80. The Morgan fingerprint density at radius 3 is 2.00 bits per heavy atom. The number of anilines is 1. The van der Waals surface area contributed by atoms with Crippen molar-refractivity contribution in [2.24, 2.45) is 0 Å². The molecule has 0 amide bonds. The summed E-state index contributed by atoms with van der Waals surface area (Å²) in [6, 6.07) is 21.3. The van der Waals surface area contributed by atoms with Crippen LogP contribution in [-0.2, 0) is 6.54 Å². The maximum atomic E-state index is 2.48. The topological polar surface area (TPSA) is 6.48 Å². The molecule has 0 atom stereocenters. The molecule has 0 N–H and O–H groups in total. The fourth-order valence-corrected chi connectivity index (χ4v) is 2.29. The molecule has 0 heterocycles. The third kappa shape index (κ3) is 4.39. The van der Waals surface area contributed by atoms with Crippen LogP contribution in [0.1, 0.15) is 12.5 Å². The summed E-state index contributed by atoms with van der Waals surface area (Å²) < 4.78 is 0. The van der Waals surface area contributed by atoms with Crippen molar-refractivity contribution in [2.45, 2.75) is 13.5 Å². The van der Waals surface area contributed by atoms with Crippen molar-refractivity contribution in [3.05, 3.63) is 66.2 Å². The lowest BCUT2D eigenvalue weighted by atomic mass is 10.2. The summed E-state index contributed by atoms with van der Waals surface area (Å²) in [7, 11) is 2.16. The highest BCUT2D eigenvalue weighted by Crippen LogP contribution is 2.11. The number of hydrogen-bond acceptors (Lipinski definition) is 2. The van der Waals surface area contributed by atoms with Crippen LogP contribution in [-0.4, -0.2) is 31.6 Å². The fourth-order valence-electron chi connectivity index (χ4n) is 2.29. The van der Waals surface area contributed by atoms with Crippen LogP contribution in [0.3, 0.4) is 0 Å². The molecular weight excluding hydrogens is 244 g/mol. The Balaban J connectivity index is 1.85. The number of likely N-dealkylation sites (N-methyl/N-ethyl adjacent to an activating group) is 2. The zero-order valence-electron chi connectivity index (χ0n) is 12.5. The van der Waals surface area contributed by atoms with Crippen LogP contribution < -0.4 is 4.90 Å². The molecule has 2 aromatic rings. The van der Waals surface area contributed by atoms with Crippen molar-refractivity contribution in [3.8, 4) is 0 Å². The lowest BCUT2D eigenvalue weighted by molar-refractivity contribution is 0.287. The predicted molar refractivity (Wildman–Crippen MR) is 87.1 cm³/mol. The lowest BCUT2D eigenvalue weighted by Gasteiger charge is -2.25. The van der Waals surface area contributed by atoms with E-state index in [1.807, 2.05) is 0 Å². The zero-order chi connectivity index (χ0) is 14.2. The second-order valence-electron chi connectivity index (χ2n) is 5.11. The molecule has 0 aliphatic heterocycles. The van der Waals surface area contributed by atoms with Crippen molar-refractivity contribution in [1.29, 1.82) is 0 Å². The van der Waals surface area contributed by atoms with Crippen LogP contribution >= 0.6 is 0 Å². The van der Waals surface area contributed by atoms with Gasteiger partial charge in [-0.1, -0.05) is 55.5 Å². The largest absolute Gasteiger partial charge is 0.373 e. The Kier molecular flexibility index (Phi) is 5.63. The molecule has 0 saturated carbocycles. The van der Waals surface area contributed by atoms with E-state index in [2.05, 4.69) is 84.4 Å². The van der Waals surface area contributed by atoms with Gasteiger partial charge in [0.15, 0.2) is 0 Å². The van der Waals surface area contributed by atoms with Crippen LogP contribution in [0.15, 0.2) is 60.7 Å². The van der Waals surface area contributed by atoms with Gasteiger partial charge < -0.3 is 4.90 Å². The number of benzene rings is 2. The minimum atomic E-state index is 1.03. The summed E-state index contributed by atoms with van der Waals surface area (Å²) in [5, 5.41) is 0. The van der Waals surface area contributed by atoms with Gasteiger partial charge >= 0.3 is 0 Å². The minimum Gasteiger partial charge on any atom is -0.373 e. The SMILES string of the molecule is CCN(CCN(C)c1ccccc1)Cc1ccccc1. The van der Waals surface area contributed by atoms with Crippen LogP contribution in [0, 0.1) is 0 Å². The number of nitrogens with zero attached hydrogens (tertiary/aromatic N) is 2. The minimum absolute atomic E-state index is 1.03. The summed E-state index contributed by atoms with van der Waals surface area (Å²) in [6.45, 7) is 6.46.